The van der Waals surface area contributed by atoms with Gasteiger partial charge in [-0.05, 0) is 24.1 Å². The number of aromatic nitrogens is 3. The summed E-state index contributed by atoms with van der Waals surface area (Å²) < 4.78 is 12.1. The summed E-state index contributed by atoms with van der Waals surface area (Å²) in [7, 11) is 3.04. The lowest BCUT2D eigenvalue weighted by Gasteiger charge is -2.16. The molecule has 0 saturated carbocycles. The molecule has 1 N–H and O–H groups in total. The molecule has 1 heterocycles. The van der Waals surface area contributed by atoms with Gasteiger partial charge in [0.1, 0.15) is 6.10 Å². The molecule has 2 aromatic rings. The predicted molar refractivity (Wildman–Crippen MR) is 78.9 cm³/mol. The van der Waals surface area contributed by atoms with E-state index < -0.39 is 6.10 Å². The number of benzene rings is 1. The molecule has 0 radical (unpaired) electrons. The number of hydrogen-bond donors (Lipinski definition) is 1. The zero-order valence-electron chi connectivity index (χ0n) is 12.2. The Kier molecular flexibility index (Phi) is 5.03. The van der Waals surface area contributed by atoms with Crippen LogP contribution in [0.4, 0.5) is 0 Å². The minimum Gasteiger partial charge on any atom is -0.493 e. The first-order valence-corrected chi connectivity index (χ1v) is 6.98. The van der Waals surface area contributed by atoms with Gasteiger partial charge in [0.25, 0.3) is 0 Å². The van der Waals surface area contributed by atoms with Gasteiger partial charge in [-0.2, -0.15) is 0 Å². The quantitative estimate of drug-likeness (QED) is 0.887. The average molecular weight is 312 g/mol. The Morgan fingerprint density at radius 2 is 2.10 bits per heavy atom. The Labute approximate surface area is 128 Å². The number of rotatable bonds is 6. The number of nitrogens with zero attached hydrogens (tertiary/aromatic N) is 3. The lowest BCUT2D eigenvalue weighted by atomic mass is 10.1. The van der Waals surface area contributed by atoms with Gasteiger partial charge < -0.3 is 14.6 Å². The van der Waals surface area contributed by atoms with Crippen LogP contribution in [0.1, 0.15) is 30.7 Å². The summed E-state index contributed by atoms with van der Waals surface area (Å²) in [5.41, 5.74) is 1.21. The van der Waals surface area contributed by atoms with Gasteiger partial charge in [0.15, 0.2) is 11.5 Å². The van der Waals surface area contributed by atoms with Gasteiger partial charge in [-0.15, -0.1) is 5.10 Å². The molecule has 6 nitrogen and oxygen atoms in total. The van der Waals surface area contributed by atoms with Crippen LogP contribution in [0.3, 0.4) is 0 Å². The van der Waals surface area contributed by atoms with Crippen LogP contribution in [0.25, 0.3) is 0 Å². The highest BCUT2D eigenvalue weighted by atomic mass is 35.5. The number of methoxy groups -OCH3 is 2. The second kappa shape index (κ2) is 6.78. The summed E-state index contributed by atoms with van der Waals surface area (Å²) in [5, 5.41) is 18.7. The molecule has 0 aliphatic rings. The molecule has 1 aromatic heterocycles. The van der Waals surface area contributed by atoms with E-state index in [-0.39, 0.29) is 0 Å². The monoisotopic (exact) mass is 311 g/mol. The van der Waals surface area contributed by atoms with E-state index in [9.17, 15) is 5.11 Å². The van der Waals surface area contributed by atoms with Gasteiger partial charge in [-0.3, -0.25) is 0 Å². The fourth-order valence-corrected chi connectivity index (χ4v) is 2.43. The van der Waals surface area contributed by atoms with E-state index in [0.29, 0.717) is 34.3 Å². The van der Waals surface area contributed by atoms with Gasteiger partial charge in [0, 0.05) is 6.54 Å². The molecule has 0 amide bonds. The summed E-state index contributed by atoms with van der Waals surface area (Å²) in [6.07, 6.45) is 1.56. The van der Waals surface area contributed by atoms with Gasteiger partial charge in [-0.25, -0.2) is 4.68 Å². The molecule has 0 fully saturated rings. The fourth-order valence-electron chi connectivity index (χ4n) is 2.13. The van der Waals surface area contributed by atoms with Crippen molar-refractivity contribution in [3.05, 3.63) is 34.6 Å². The number of aliphatic hydroxyl groups is 1. The van der Waals surface area contributed by atoms with Crippen molar-refractivity contribution in [3.8, 4) is 11.5 Å². The van der Waals surface area contributed by atoms with Crippen LogP contribution in [0.15, 0.2) is 18.3 Å². The van der Waals surface area contributed by atoms with Crippen molar-refractivity contribution in [2.45, 2.75) is 26.0 Å². The first kappa shape index (κ1) is 15.6. The standard InChI is InChI=1S/C14H18ClN3O3/c1-4-5-18-11(8-16-17-18)13(19)9-6-10(15)14(21-3)12(7-9)20-2/h6-8,13,19H,4-5H2,1-3H3. The first-order valence-electron chi connectivity index (χ1n) is 6.60. The van der Waals surface area contributed by atoms with Crippen molar-refractivity contribution in [2.75, 3.05) is 14.2 Å². The molecule has 2 rings (SSSR count). The average Bonchev–Trinajstić information content (AvgIpc) is 2.94. The molecule has 7 heteroatoms. The minimum absolute atomic E-state index is 0.375. The van der Waals surface area contributed by atoms with E-state index in [2.05, 4.69) is 10.3 Å². The van der Waals surface area contributed by atoms with Crippen molar-refractivity contribution in [1.29, 1.82) is 0 Å². The Balaban J connectivity index is 2.41. The Morgan fingerprint density at radius 1 is 1.33 bits per heavy atom. The van der Waals surface area contributed by atoms with Gasteiger partial charge in [-0.1, -0.05) is 23.7 Å². The van der Waals surface area contributed by atoms with Gasteiger partial charge in [0.2, 0.25) is 0 Å². The van der Waals surface area contributed by atoms with Crippen molar-refractivity contribution in [1.82, 2.24) is 15.0 Å². The summed E-state index contributed by atoms with van der Waals surface area (Å²) in [6.45, 7) is 2.72. The smallest absolute Gasteiger partial charge is 0.179 e. The first-order chi connectivity index (χ1) is 10.1. The fraction of sp³-hybridized carbons (Fsp3) is 0.429. The van der Waals surface area contributed by atoms with Crippen molar-refractivity contribution >= 4 is 11.6 Å². The lowest BCUT2D eigenvalue weighted by molar-refractivity contribution is 0.206. The third-order valence-electron chi connectivity index (χ3n) is 3.13. The summed E-state index contributed by atoms with van der Waals surface area (Å²) in [6, 6.07) is 3.34. The Morgan fingerprint density at radius 3 is 2.71 bits per heavy atom. The van der Waals surface area contributed by atoms with Crippen LogP contribution >= 0.6 is 11.6 Å². The largest absolute Gasteiger partial charge is 0.493 e. The van der Waals surface area contributed by atoms with Crippen molar-refractivity contribution < 1.29 is 14.6 Å². The van der Waals surface area contributed by atoms with Crippen LogP contribution in [0.5, 0.6) is 11.5 Å². The third kappa shape index (κ3) is 3.11. The number of halogens is 1. The number of aryl methyl sites for hydroxylation is 1. The zero-order chi connectivity index (χ0) is 15.4. The van der Waals surface area contributed by atoms with Crippen LogP contribution in [-0.2, 0) is 6.54 Å². The molecule has 21 heavy (non-hydrogen) atoms. The van der Waals surface area contributed by atoms with Crippen LogP contribution in [-0.4, -0.2) is 34.3 Å². The van der Waals surface area contributed by atoms with Crippen LogP contribution < -0.4 is 9.47 Å². The number of hydrogen-bond acceptors (Lipinski definition) is 5. The predicted octanol–water partition coefficient (Wildman–Crippen LogP) is 2.44. The summed E-state index contributed by atoms with van der Waals surface area (Å²) >= 11 is 6.17. The molecule has 0 saturated heterocycles. The molecule has 114 valence electrons. The zero-order valence-corrected chi connectivity index (χ0v) is 13.0. The van der Waals surface area contributed by atoms with E-state index in [1.165, 1.54) is 14.2 Å². The SMILES string of the molecule is CCCn1nncc1C(O)c1cc(Cl)c(OC)c(OC)c1. The highest BCUT2D eigenvalue weighted by molar-refractivity contribution is 6.32. The molecule has 0 aliphatic heterocycles. The van der Waals surface area contributed by atoms with Crippen molar-refractivity contribution in [2.24, 2.45) is 0 Å². The van der Waals surface area contributed by atoms with E-state index >= 15 is 0 Å². The molecular formula is C14H18ClN3O3. The van der Waals surface area contributed by atoms with Crippen LogP contribution in [0.2, 0.25) is 5.02 Å². The highest BCUT2D eigenvalue weighted by Gasteiger charge is 2.20. The third-order valence-corrected chi connectivity index (χ3v) is 3.42. The number of ether oxygens (including phenoxy) is 2. The maximum Gasteiger partial charge on any atom is 0.179 e. The minimum atomic E-state index is -0.885. The van der Waals surface area contributed by atoms with Gasteiger partial charge in [0.05, 0.1) is 31.1 Å². The highest BCUT2D eigenvalue weighted by Crippen LogP contribution is 2.38. The molecular weight excluding hydrogens is 294 g/mol. The maximum atomic E-state index is 10.5. The summed E-state index contributed by atoms with van der Waals surface area (Å²) in [5.74, 6) is 0.906. The topological polar surface area (TPSA) is 69.4 Å². The molecule has 0 spiro atoms. The molecule has 1 aromatic carbocycles. The summed E-state index contributed by atoms with van der Waals surface area (Å²) in [4.78, 5) is 0. The molecule has 1 atom stereocenters. The van der Waals surface area contributed by atoms with Crippen molar-refractivity contribution in [3.63, 3.8) is 0 Å². The maximum absolute atomic E-state index is 10.5. The normalized spacial score (nSPS) is 12.2. The number of aliphatic hydroxyl groups excluding tert-OH is 1. The van der Waals surface area contributed by atoms with E-state index in [0.717, 1.165) is 6.42 Å². The molecule has 1 unspecified atom stereocenters. The lowest BCUT2D eigenvalue weighted by Crippen LogP contribution is -2.10. The van der Waals surface area contributed by atoms with Crippen LogP contribution in [0, 0.1) is 0 Å². The molecule has 0 aliphatic carbocycles. The second-order valence-electron chi connectivity index (χ2n) is 4.52. The van der Waals surface area contributed by atoms with E-state index in [1.54, 1.807) is 23.0 Å². The second-order valence-corrected chi connectivity index (χ2v) is 4.93. The Bertz CT molecular complexity index is 616. The molecule has 0 bridgehead atoms. The Hall–Kier alpha value is -1.79. The van der Waals surface area contributed by atoms with E-state index in [4.69, 9.17) is 21.1 Å². The van der Waals surface area contributed by atoms with Gasteiger partial charge >= 0.3 is 0 Å². The van der Waals surface area contributed by atoms with E-state index in [1.807, 2.05) is 6.92 Å².